The van der Waals surface area contributed by atoms with E-state index in [2.05, 4.69) is 39.9 Å². The van der Waals surface area contributed by atoms with E-state index in [-0.39, 0.29) is 0 Å². The maximum Gasteiger partial charge on any atom is 0.221 e. The summed E-state index contributed by atoms with van der Waals surface area (Å²) >= 11 is 8.99. The van der Waals surface area contributed by atoms with Gasteiger partial charge in [0.05, 0.1) is 11.4 Å². The van der Waals surface area contributed by atoms with E-state index in [1.165, 1.54) is 10.5 Å². The summed E-state index contributed by atoms with van der Waals surface area (Å²) in [6.07, 6.45) is 1.16. The second-order valence-electron chi connectivity index (χ2n) is 5.60. The number of quaternary nitrogens is 1. The third kappa shape index (κ3) is 2.48. The van der Waals surface area contributed by atoms with Crippen molar-refractivity contribution in [1.29, 1.82) is 0 Å². The molecule has 0 bridgehead atoms. The first-order valence-corrected chi connectivity index (χ1v) is 9.50. The van der Waals surface area contributed by atoms with Gasteiger partial charge in [0, 0.05) is 16.9 Å². The molecule has 2 N–H and O–H groups in total. The first-order chi connectivity index (χ1) is 10.7. The van der Waals surface area contributed by atoms with Crippen LogP contribution in [0.25, 0.3) is 10.7 Å². The van der Waals surface area contributed by atoms with Crippen molar-refractivity contribution in [2.24, 2.45) is 0 Å². The van der Waals surface area contributed by atoms with Gasteiger partial charge in [-0.15, -0.1) is 22.7 Å². The quantitative estimate of drug-likeness (QED) is 0.714. The molecule has 114 valence electrons. The van der Waals surface area contributed by atoms with E-state index in [0.29, 0.717) is 10.8 Å². The van der Waals surface area contributed by atoms with Crippen molar-refractivity contribution >= 4 is 34.9 Å². The summed E-state index contributed by atoms with van der Waals surface area (Å²) in [6.45, 7) is 4.29. The van der Waals surface area contributed by atoms with Gasteiger partial charge < -0.3 is 4.90 Å². The highest BCUT2D eigenvalue weighted by atomic mass is 32.1. The van der Waals surface area contributed by atoms with E-state index >= 15 is 0 Å². The van der Waals surface area contributed by atoms with Gasteiger partial charge in [0.2, 0.25) is 4.77 Å². The smallest absolute Gasteiger partial charge is 0.221 e. The van der Waals surface area contributed by atoms with Gasteiger partial charge in [-0.1, -0.05) is 6.07 Å². The largest absolute Gasteiger partial charge is 0.310 e. The topological polar surface area (TPSA) is 38.0 Å². The van der Waals surface area contributed by atoms with Crippen molar-refractivity contribution in [2.75, 3.05) is 6.54 Å². The highest BCUT2D eigenvalue weighted by Crippen LogP contribution is 2.25. The molecule has 1 unspecified atom stereocenters. The van der Waals surface area contributed by atoms with Crippen LogP contribution >= 0.6 is 34.9 Å². The Morgan fingerprint density at radius 3 is 3.14 bits per heavy atom. The molecule has 1 aliphatic heterocycles. The average Bonchev–Trinajstić information content (AvgIpc) is 3.23. The molecule has 0 aromatic carbocycles. The highest BCUT2D eigenvalue weighted by Gasteiger charge is 2.28. The molecule has 0 amide bonds. The van der Waals surface area contributed by atoms with Gasteiger partial charge >= 0.3 is 0 Å². The Hall–Kier alpha value is -1.28. The Kier molecular flexibility index (Phi) is 3.73. The van der Waals surface area contributed by atoms with Crippen LogP contribution in [0.1, 0.15) is 23.4 Å². The summed E-state index contributed by atoms with van der Waals surface area (Å²) in [5.74, 6) is 0.875. The van der Waals surface area contributed by atoms with Crippen molar-refractivity contribution in [3.63, 3.8) is 0 Å². The first-order valence-electron chi connectivity index (χ1n) is 7.34. The molecule has 7 heteroatoms. The lowest BCUT2D eigenvalue weighted by Gasteiger charge is -2.30. The third-order valence-electron chi connectivity index (χ3n) is 4.33. The molecule has 2 atom stereocenters. The number of rotatable bonds is 3. The first kappa shape index (κ1) is 14.3. The van der Waals surface area contributed by atoms with E-state index in [1.807, 2.05) is 22.1 Å². The number of hydrogen-bond donors (Lipinski definition) is 2. The average molecular weight is 350 g/mol. The summed E-state index contributed by atoms with van der Waals surface area (Å²) in [7, 11) is 0. The van der Waals surface area contributed by atoms with Gasteiger partial charge in [-0.05, 0) is 42.0 Å². The molecule has 4 rings (SSSR count). The molecule has 0 fully saturated rings. The molecule has 3 aromatic heterocycles. The van der Waals surface area contributed by atoms with Crippen molar-refractivity contribution in [1.82, 2.24) is 14.8 Å². The second kappa shape index (κ2) is 5.73. The lowest BCUT2D eigenvalue weighted by Crippen LogP contribution is -3.12. The molecule has 4 nitrogen and oxygen atoms in total. The minimum Gasteiger partial charge on any atom is -0.310 e. The zero-order valence-electron chi connectivity index (χ0n) is 12.2. The van der Waals surface area contributed by atoms with Crippen LogP contribution in [0.2, 0.25) is 0 Å². The number of hydrogen-bond acceptors (Lipinski definition) is 4. The fraction of sp³-hybridized carbons (Fsp3) is 0.333. The van der Waals surface area contributed by atoms with E-state index in [1.54, 1.807) is 16.2 Å². The Bertz CT molecular complexity index is 827. The number of thiophene rings is 2. The van der Waals surface area contributed by atoms with Crippen LogP contribution in [0.4, 0.5) is 0 Å². The fourth-order valence-electron chi connectivity index (χ4n) is 3.06. The standard InChI is InChI=1S/C15H16N4S3/c1-10-11-5-8-22-12(11)4-6-18(10)9-19-15(20)16-14(17-19)13-3-2-7-21-13/h2-3,5,7-8,10H,4,6,9H2,1H3,(H,16,17,20)/p+1/t10-/m1/s1. The summed E-state index contributed by atoms with van der Waals surface area (Å²) in [5, 5.41) is 7.63. The Balaban J connectivity index is 1.58. The van der Waals surface area contributed by atoms with Crippen LogP contribution in [0.15, 0.2) is 29.0 Å². The SMILES string of the molecule is C[C@@H]1c2ccsc2CC[NH+]1Cn1[nH]c(-c2cccs2)nc1=S. The van der Waals surface area contributed by atoms with Gasteiger partial charge in [-0.2, -0.15) is 4.98 Å². The molecule has 3 aromatic rings. The van der Waals surface area contributed by atoms with E-state index < -0.39 is 0 Å². The number of fused-ring (bicyclic) bond motifs is 1. The van der Waals surface area contributed by atoms with Crippen molar-refractivity contribution in [2.45, 2.75) is 26.1 Å². The molecule has 0 aliphatic carbocycles. The third-order valence-corrected chi connectivity index (χ3v) is 6.51. The zero-order chi connectivity index (χ0) is 15.1. The van der Waals surface area contributed by atoms with Crippen LogP contribution < -0.4 is 4.90 Å². The van der Waals surface area contributed by atoms with Gasteiger partial charge in [-0.3, -0.25) is 5.10 Å². The van der Waals surface area contributed by atoms with Crippen LogP contribution in [0.5, 0.6) is 0 Å². The molecule has 22 heavy (non-hydrogen) atoms. The molecular formula is C15H17N4S3+. The van der Waals surface area contributed by atoms with Gasteiger partial charge in [-0.25, -0.2) is 4.68 Å². The predicted octanol–water partition coefficient (Wildman–Crippen LogP) is 2.89. The second-order valence-corrected chi connectivity index (χ2v) is 7.91. The summed E-state index contributed by atoms with van der Waals surface area (Å²) in [6, 6.07) is 6.88. The fourth-order valence-corrected chi connectivity index (χ4v) is 4.90. The molecule has 0 saturated heterocycles. The van der Waals surface area contributed by atoms with Crippen LogP contribution in [0.3, 0.4) is 0 Å². The minimum absolute atomic E-state index is 0.505. The summed E-state index contributed by atoms with van der Waals surface area (Å²) in [4.78, 5) is 8.71. The zero-order valence-corrected chi connectivity index (χ0v) is 14.7. The number of nitrogens with zero attached hydrogens (tertiary/aromatic N) is 2. The Labute approximate surface area is 142 Å². The van der Waals surface area contributed by atoms with E-state index in [9.17, 15) is 0 Å². The number of nitrogens with one attached hydrogen (secondary N) is 2. The van der Waals surface area contributed by atoms with Crippen LogP contribution in [-0.2, 0) is 13.1 Å². The van der Waals surface area contributed by atoms with E-state index in [0.717, 1.165) is 30.3 Å². The lowest BCUT2D eigenvalue weighted by atomic mass is 10.0. The highest BCUT2D eigenvalue weighted by molar-refractivity contribution is 7.71. The Morgan fingerprint density at radius 2 is 2.32 bits per heavy atom. The maximum absolute atomic E-state index is 5.43. The van der Waals surface area contributed by atoms with Gasteiger partial charge in [0.1, 0.15) is 6.04 Å². The summed E-state index contributed by atoms with van der Waals surface area (Å²) in [5.41, 5.74) is 1.50. The van der Waals surface area contributed by atoms with Gasteiger partial charge in [0.25, 0.3) is 0 Å². The molecule has 4 heterocycles. The normalized spacial score (nSPS) is 21.0. The molecular weight excluding hydrogens is 332 g/mol. The molecule has 1 aliphatic rings. The number of aromatic nitrogens is 3. The lowest BCUT2D eigenvalue weighted by molar-refractivity contribution is -0.954. The number of aromatic amines is 1. The number of H-pyrrole nitrogens is 1. The monoisotopic (exact) mass is 349 g/mol. The molecule has 0 saturated carbocycles. The van der Waals surface area contributed by atoms with Crippen LogP contribution in [-0.4, -0.2) is 21.3 Å². The van der Waals surface area contributed by atoms with Crippen LogP contribution in [0, 0.1) is 4.77 Å². The van der Waals surface area contributed by atoms with Crippen molar-refractivity contribution in [3.8, 4) is 10.7 Å². The molecule has 0 spiro atoms. The minimum atomic E-state index is 0.505. The predicted molar refractivity (Wildman–Crippen MR) is 93.0 cm³/mol. The van der Waals surface area contributed by atoms with Gasteiger partial charge in [0.15, 0.2) is 12.5 Å². The molecule has 0 radical (unpaired) electrons. The van der Waals surface area contributed by atoms with Crippen molar-refractivity contribution < 1.29 is 4.90 Å². The maximum atomic E-state index is 5.43. The summed E-state index contributed by atoms with van der Waals surface area (Å²) < 4.78 is 2.65. The Morgan fingerprint density at radius 1 is 1.41 bits per heavy atom. The van der Waals surface area contributed by atoms with E-state index in [4.69, 9.17) is 12.2 Å². The van der Waals surface area contributed by atoms with Crippen molar-refractivity contribution in [3.05, 3.63) is 44.2 Å².